The summed E-state index contributed by atoms with van der Waals surface area (Å²) in [7, 11) is 0. The maximum absolute atomic E-state index is 2.47. The van der Waals surface area contributed by atoms with Gasteiger partial charge in [0, 0.05) is 22.5 Å². The average molecular weight is 778 g/mol. The lowest BCUT2D eigenvalue weighted by atomic mass is 9.67. The molecular formula is C60H43N. The largest absolute Gasteiger partial charge is 0.310 e. The summed E-state index contributed by atoms with van der Waals surface area (Å²) in [6, 6.07) is 83.6. The van der Waals surface area contributed by atoms with Crippen LogP contribution in [0.3, 0.4) is 0 Å². The Bertz CT molecular complexity index is 3280. The van der Waals surface area contributed by atoms with Crippen LogP contribution < -0.4 is 4.90 Å². The second-order valence-electron chi connectivity index (χ2n) is 17.3. The van der Waals surface area contributed by atoms with E-state index in [4.69, 9.17) is 0 Å². The van der Waals surface area contributed by atoms with Crippen LogP contribution in [0.4, 0.5) is 17.1 Å². The third-order valence-electron chi connectivity index (χ3n) is 13.7. The van der Waals surface area contributed by atoms with E-state index in [-0.39, 0.29) is 5.41 Å². The van der Waals surface area contributed by atoms with Crippen LogP contribution in [-0.4, -0.2) is 0 Å². The minimum absolute atomic E-state index is 0.0760. The average Bonchev–Trinajstić information content (AvgIpc) is 3.74. The Hall–Kier alpha value is -7.48. The molecule has 0 fully saturated rings. The number of hydrogen-bond acceptors (Lipinski definition) is 1. The Morgan fingerprint density at radius 2 is 0.836 bits per heavy atom. The monoisotopic (exact) mass is 777 g/mol. The molecular weight excluding hydrogens is 735 g/mol. The van der Waals surface area contributed by atoms with Crippen molar-refractivity contribution in [2.75, 3.05) is 4.90 Å². The first-order chi connectivity index (χ1) is 30.0. The molecule has 0 unspecified atom stereocenters. The first-order valence-electron chi connectivity index (χ1n) is 21.4. The summed E-state index contributed by atoms with van der Waals surface area (Å²) in [5.41, 5.74) is 18.3. The zero-order chi connectivity index (χ0) is 40.7. The Morgan fingerprint density at radius 1 is 0.311 bits per heavy atom. The van der Waals surface area contributed by atoms with E-state index in [0.29, 0.717) is 0 Å². The van der Waals surface area contributed by atoms with Crippen LogP contribution >= 0.6 is 0 Å². The smallest absolute Gasteiger partial charge is 0.0714 e. The fourth-order valence-electron chi connectivity index (χ4n) is 10.9. The van der Waals surface area contributed by atoms with Gasteiger partial charge in [0.15, 0.2) is 0 Å². The van der Waals surface area contributed by atoms with Gasteiger partial charge in [0.05, 0.1) is 5.41 Å². The van der Waals surface area contributed by atoms with E-state index in [1.165, 1.54) is 88.3 Å². The van der Waals surface area contributed by atoms with E-state index in [0.717, 1.165) is 17.1 Å². The van der Waals surface area contributed by atoms with Gasteiger partial charge in [-0.15, -0.1) is 0 Å². The molecule has 0 aromatic heterocycles. The van der Waals surface area contributed by atoms with Gasteiger partial charge in [0.1, 0.15) is 0 Å². The highest BCUT2D eigenvalue weighted by molar-refractivity contribution is 6.08. The summed E-state index contributed by atoms with van der Waals surface area (Å²) >= 11 is 0. The Morgan fingerprint density at radius 3 is 1.59 bits per heavy atom. The maximum Gasteiger partial charge on any atom is 0.0714 e. The Labute approximate surface area is 357 Å². The van der Waals surface area contributed by atoms with Crippen molar-refractivity contribution in [2.24, 2.45) is 0 Å². The fraction of sp³-hybridized carbons (Fsp3) is 0.0667. The molecule has 10 aromatic carbocycles. The zero-order valence-electron chi connectivity index (χ0n) is 34.3. The van der Waals surface area contributed by atoms with Crippen LogP contribution in [0, 0.1) is 0 Å². The molecule has 0 saturated heterocycles. The molecule has 0 aliphatic heterocycles. The molecule has 1 nitrogen and oxygen atoms in total. The minimum Gasteiger partial charge on any atom is -0.310 e. The predicted octanol–water partition coefficient (Wildman–Crippen LogP) is 15.8. The normalized spacial score (nSPS) is 14.0. The van der Waals surface area contributed by atoms with Crippen molar-refractivity contribution >= 4 is 38.6 Å². The second kappa shape index (κ2) is 13.5. The Kier molecular flexibility index (Phi) is 7.86. The molecule has 0 amide bonds. The predicted molar refractivity (Wildman–Crippen MR) is 256 cm³/mol. The molecule has 0 saturated carbocycles. The summed E-state index contributed by atoms with van der Waals surface area (Å²) in [6.45, 7) is 4.71. The standard InChI is InChI=1S/C60H43N/c1-59(2)55-23-13-11-22-52(55)54-38-47(33-36-56(54)59)61(46-30-27-40(28-31-46)42-29-34-50-43(37-42)26-25-41-15-9-10-20-49(41)50)48-32-35-53-51-21-12-14-24-57(51)60(58(53)39-48,44-16-5-3-6-17-44)45-18-7-4-8-19-45/h3-39H,1-2H3. The van der Waals surface area contributed by atoms with Crippen molar-refractivity contribution in [3.8, 4) is 33.4 Å². The molecule has 61 heavy (non-hydrogen) atoms. The van der Waals surface area contributed by atoms with Crippen LogP contribution in [0.25, 0.3) is 54.9 Å². The van der Waals surface area contributed by atoms with Crippen LogP contribution in [0.1, 0.15) is 47.2 Å². The molecule has 288 valence electrons. The molecule has 10 aromatic rings. The van der Waals surface area contributed by atoms with Crippen LogP contribution in [-0.2, 0) is 10.8 Å². The van der Waals surface area contributed by atoms with Crippen molar-refractivity contribution in [3.05, 3.63) is 258 Å². The molecule has 0 N–H and O–H groups in total. The van der Waals surface area contributed by atoms with Gasteiger partial charge in [-0.3, -0.25) is 0 Å². The molecule has 0 atom stereocenters. The summed E-state index contributed by atoms with van der Waals surface area (Å²) in [5, 5.41) is 5.10. The van der Waals surface area contributed by atoms with Gasteiger partial charge in [-0.05, 0) is 131 Å². The van der Waals surface area contributed by atoms with Crippen molar-refractivity contribution in [1.29, 1.82) is 0 Å². The lowest BCUT2D eigenvalue weighted by molar-refractivity contribution is 0.660. The summed E-state index contributed by atoms with van der Waals surface area (Å²) in [6.07, 6.45) is 0. The quantitative estimate of drug-likeness (QED) is 0.152. The highest BCUT2D eigenvalue weighted by Crippen LogP contribution is 2.58. The first-order valence-corrected chi connectivity index (χ1v) is 21.4. The van der Waals surface area contributed by atoms with Crippen LogP contribution in [0.15, 0.2) is 224 Å². The van der Waals surface area contributed by atoms with Gasteiger partial charge in [0.25, 0.3) is 0 Å². The van der Waals surface area contributed by atoms with Gasteiger partial charge in [0.2, 0.25) is 0 Å². The van der Waals surface area contributed by atoms with Gasteiger partial charge in [-0.25, -0.2) is 0 Å². The number of nitrogens with zero attached hydrogens (tertiary/aromatic N) is 1. The lowest BCUT2D eigenvalue weighted by Gasteiger charge is -2.35. The van der Waals surface area contributed by atoms with E-state index in [1.54, 1.807) is 0 Å². The first kappa shape index (κ1) is 35.5. The zero-order valence-corrected chi connectivity index (χ0v) is 34.3. The summed E-state index contributed by atoms with van der Waals surface area (Å²) in [5.74, 6) is 0. The number of benzene rings is 10. The van der Waals surface area contributed by atoms with Crippen molar-refractivity contribution in [3.63, 3.8) is 0 Å². The lowest BCUT2D eigenvalue weighted by Crippen LogP contribution is -2.28. The molecule has 0 heterocycles. The third-order valence-corrected chi connectivity index (χ3v) is 13.7. The van der Waals surface area contributed by atoms with Gasteiger partial charge < -0.3 is 4.90 Å². The number of anilines is 3. The Balaban J connectivity index is 1.05. The van der Waals surface area contributed by atoms with Crippen molar-refractivity contribution in [2.45, 2.75) is 24.7 Å². The van der Waals surface area contributed by atoms with E-state index in [2.05, 4.69) is 243 Å². The van der Waals surface area contributed by atoms with E-state index < -0.39 is 5.41 Å². The van der Waals surface area contributed by atoms with Crippen molar-refractivity contribution in [1.82, 2.24) is 0 Å². The van der Waals surface area contributed by atoms with Crippen LogP contribution in [0.2, 0.25) is 0 Å². The molecule has 0 bridgehead atoms. The highest BCUT2D eigenvalue weighted by atomic mass is 15.1. The van der Waals surface area contributed by atoms with E-state index in [9.17, 15) is 0 Å². The second-order valence-corrected chi connectivity index (χ2v) is 17.3. The minimum atomic E-state index is -0.498. The molecule has 2 aliphatic rings. The molecule has 0 radical (unpaired) electrons. The number of fused-ring (bicyclic) bond motifs is 9. The van der Waals surface area contributed by atoms with Gasteiger partial charge in [-0.1, -0.05) is 196 Å². The van der Waals surface area contributed by atoms with Gasteiger partial charge >= 0.3 is 0 Å². The topological polar surface area (TPSA) is 3.24 Å². The SMILES string of the molecule is CC1(C)c2ccccc2-c2cc(N(c3ccc(-c4ccc5c(ccc6ccccc65)c4)cc3)c3ccc4c(c3)C(c3ccccc3)(c3ccccc3)c3ccccc3-4)ccc21. The van der Waals surface area contributed by atoms with Crippen LogP contribution in [0.5, 0.6) is 0 Å². The maximum atomic E-state index is 2.47. The summed E-state index contributed by atoms with van der Waals surface area (Å²) < 4.78 is 0. The molecule has 12 rings (SSSR count). The third kappa shape index (κ3) is 5.27. The molecule has 2 aliphatic carbocycles. The van der Waals surface area contributed by atoms with E-state index >= 15 is 0 Å². The highest BCUT2D eigenvalue weighted by Gasteiger charge is 2.46. The van der Waals surface area contributed by atoms with E-state index in [1.807, 2.05) is 0 Å². The van der Waals surface area contributed by atoms with Crippen molar-refractivity contribution < 1.29 is 0 Å². The fourth-order valence-corrected chi connectivity index (χ4v) is 10.9. The van der Waals surface area contributed by atoms with Gasteiger partial charge in [-0.2, -0.15) is 0 Å². The molecule has 0 spiro atoms. The number of hydrogen-bond donors (Lipinski definition) is 0. The summed E-state index contributed by atoms with van der Waals surface area (Å²) in [4.78, 5) is 2.47. The molecule has 1 heteroatoms. The number of rotatable bonds is 6.